The number of nitrogens with one attached hydrogen (secondary N) is 1. The molecule has 1 saturated heterocycles. The zero-order valence-corrected chi connectivity index (χ0v) is 17.5. The number of quaternary nitrogens is 1. The maximum Gasteiger partial charge on any atom is 0.224 e. The molecule has 1 fully saturated rings. The molecule has 0 spiro atoms. The first kappa shape index (κ1) is 20.6. The molecule has 2 aromatic carbocycles. The highest BCUT2D eigenvalue weighted by Crippen LogP contribution is 2.13. The Hall–Kier alpha value is -2.18. The minimum Gasteiger partial charge on any atom is -0.331 e. The molecule has 1 heterocycles. The molecular weight excluding hydrogens is 372 g/mol. The van der Waals surface area contributed by atoms with Gasteiger partial charge >= 0.3 is 0 Å². The molecule has 150 valence electrons. The molecule has 1 aliphatic rings. The zero-order chi connectivity index (χ0) is 20.1. The number of hydrogen-bond donors (Lipinski definition) is 1. The van der Waals surface area contributed by atoms with Crippen molar-refractivity contribution in [3.8, 4) is 0 Å². The monoisotopic (exact) mass is 401 g/mol. The van der Waals surface area contributed by atoms with Crippen LogP contribution in [0.15, 0.2) is 53.4 Å². The van der Waals surface area contributed by atoms with Crippen LogP contribution in [0.1, 0.15) is 23.1 Å². The van der Waals surface area contributed by atoms with Crippen molar-refractivity contribution >= 4 is 15.7 Å². The molecule has 2 aromatic rings. The molecule has 0 aliphatic carbocycles. The van der Waals surface area contributed by atoms with Gasteiger partial charge in [0.15, 0.2) is 9.84 Å². The highest BCUT2D eigenvalue weighted by atomic mass is 32.2. The van der Waals surface area contributed by atoms with Crippen molar-refractivity contribution in [2.24, 2.45) is 0 Å². The third-order valence-electron chi connectivity index (χ3n) is 5.32. The first-order chi connectivity index (χ1) is 13.3. The van der Waals surface area contributed by atoms with Crippen molar-refractivity contribution in [2.75, 3.05) is 31.9 Å². The van der Waals surface area contributed by atoms with Crippen molar-refractivity contribution in [1.82, 2.24) is 4.90 Å². The van der Waals surface area contributed by atoms with Crippen LogP contribution in [-0.4, -0.2) is 51.2 Å². The molecule has 1 N–H and O–H groups in total. The van der Waals surface area contributed by atoms with Gasteiger partial charge in [-0.2, -0.15) is 0 Å². The van der Waals surface area contributed by atoms with Crippen LogP contribution in [0.25, 0.3) is 0 Å². The molecule has 0 unspecified atom stereocenters. The minimum atomic E-state index is -3.42. The van der Waals surface area contributed by atoms with Gasteiger partial charge in [0, 0.05) is 12.0 Å². The second-order valence-corrected chi connectivity index (χ2v) is 9.79. The van der Waals surface area contributed by atoms with E-state index < -0.39 is 9.84 Å². The highest BCUT2D eigenvalue weighted by molar-refractivity contribution is 7.91. The van der Waals surface area contributed by atoms with E-state index in [1.54, 1.807) is 24.3 Å². The number of nitrogens with zero attached hydrogens (tertiary/aromatic N) is 1. The maximum atomic E-state index is 12.5. The lowest BCUT2D eigenvalue weighted by atomic mass is 10.1. The second-order valence-electron chi connectivity index (χ2n) is 7.68. The number of carbonyl (C=O) groups is 1. The topological polar surface area (TPSA) is 58.9 Å². The van der Waals surface area contributed by atoms with E-state index in [4.69, 9.17) is 0 Å². The Morgan fingerprint density at radius 1 is 1.00 bits per heavy atom. The van der Waals surface area contributed by atoms with Crippen LogP contribution in [0.2, 0.25) is 0 Å². The van der Waals surface area contributed by atoms with E-state index in [-0.39, 0.29) is 18.1 Å². The lowest BCUT2D eigenvalue weighted by molar-refractivity contribution is -0.917. The minimum absolute atomic E-state index is 0.0451. The molecule has 0 aromatic heterocycles. The fourth-order valence-corrected chi connectivity index (χ4v) is 4.83. The summed E-state index contributed by atoms with van der Waals surface area (Å²) in [5.41, 5.74) is 3.60. The van der Waals surface area contributed by atoms with Gasteiger partial charge in [0.2, 0.25) is 5.91 Å². The Bertz CT molecular complexity index is 915. The Labute approximate surface area is 167 Å². The highest BCUT2D eigenvalue weighted by Gasteiger charge is 2.25. The van der Waals surface area contributed by atoms with Crippen LogP contribution < -0.4 is 4.90 Å². The van der Waals surface area contributed by atoms with Crippen molar-refractivity contribution in [2.45, 2.75) is 31.7 Å². The van der Waals surface area contributed by atoms with Crippen LogP contribution in [0, 0.1) is 13.8 Å². The van der Waals surface area contributed by atoms with Crippen LogP contribution in [-0.2, 0) is 21.2 Å². The number of piperazine rings is 1. The van der Waals surface area contributed by atoms with Gasteiger partial charge in [-0.05, 0) is 26.0 Å². The van der Waals surface area contributed by atoms with E-state index in [2.05, 4.69) is 31.2 Å². The number of rotatable bonds is 6. The van der Waals surface area contributed by atoms with E-state index in [0.29, 0.717) is 18.0 Å². The fourth-order valence-electron chi connectivity index (χ4n) is 3.60. The van der Waals surface area contributed by atoms with E-state index in [0.717, 1.165) is 25.2 Å². The molecule has 3 rings (SSSR count). The van der Waals surface area contributed by atoms with Gasteiger partial charge in [-0.25, -0.2) is 8.42 Å². The Kier molecular flexibility index (Phi) is 6.52. The van der Waals surface area contributed by atoms with Crippen LogP contribution in [0.5, 0.6) is 0 Å². The van der Waals surface area contributed by atoms with Crippen LogP contribution in [0.4, 0.5) is 0 Å². The predicted molar refractivity (Wildman–Crippen MR) is 110 cm³/mol. The fraction of sp³-hybridized carbons (Fsp3) is 0.409. The van der Waals surface area contributed by atoms with E-state index in [9.17, 15) is 13.2 Å². The summed E-state index contributed by atoms with van der Waals surface area (Å²) in [5, 5.41) is 0. The summed E-state index contributed by atoms with van der Waals surface area (Å²) in [5.74, 6) is -0.198. The largest absolute Gasteiger partial charge is 0.331 e. The van der Waals surface area contributed by atoms with Crippen LogP contribution >= 0.6 is 0 Å². The molecule has 28 heavy (non-hydrogen) atoms. The summed E-state index contributed by atoms with van der Waals surface area (Å²) in [6.07, 6.45) is 0.0451. The molecule has 1 aliphatic heterocycles. The molecule has 5 nitrogen and oxygen atoms in total. The average molecular weight is 402 g/mol. The summed E-state index contributed by atoms with van der Waals surface area (Å²) >= 11 is 0. The quantitative estimate of drug-likeness (QED) is 0.796. The third-order valence-corrected chi connectivity index (χ3v) is 7.06. The lowest BCUT2D eigenvalue weighted by Crippen LogP contribution is -3.13. The second kappa shape index (κ2) is 8.88. The Morgan fingerprint density at radius 3 is 2.32 bits per heavy atom. The molecule has 1 amide bonds. The van der Waals surface area contributed by atoms with Crippen molar-refractivity contribution in [3.63, 3.8) is 0 Å². The smallest absolute Gasteiger partial charge is 0.224 e. The van der Waals surface area contributed by atoms with E-state index in [1.165, 1.54) is 16.0 Å². The van der Waals surface area contributed by atoms with Gasteiger partial charge in [-0.15, -0.1) is 0 Å². The average Bonchev–Trinajstić information content (AvgIpc) is 2.67. The molecule has 0 atom stereocenters. The number of sulfone groups is 1. The molecule has 0 saturated carbocycles. The molecular formula is C22H29N2O3S+. The van der Waals surface area contributed by atoms with Gasteiger partial charge in [-0.1, -0.05) is 47.5 Å². The molecule has 0 radical (unpaired) electrons. The van der Waals surface area contributed by atoms with Crippen LogP contribution in [0.3, 0.4) is 0 Å². The van der Waals surface area contributed by atoms with Crippen molar-refractivity contribution in [3.05, 3.63) is 65.2 Å². The van der Waals surface area contributed by atoms with Gasteiger partial charge in [0.05, 0.1) is 36.8 Å². The summed E-state index contributed by atoms with van der Waals surface area (Å²) in [4.78, 5) is 16.1. The Morgan fingerprint density at radius 2 is 1.68 bits per heavy atom. The number of amides is 1. The lowest BCUT2D eigenvalue weighted by Gasteiger charge is -2.32. The third kappa shape index (κ3) is 5.42. The van der Waals surface area contributed by atoms with E-state index in [1.807, 2.05) is 11.8 Å². The van der Waals surface area contributed by atoms with E-state index >= 15 is 0 Å². The SMILES string of the molecule is Cc1ccc(S(=O)(=O)CCC(=O)N2CC[NH+](Cc3cccc(C)c3)CC2)cc1. The first-order valence-electron chi connectivity index (χ1n) is 9.80. The normalized spacial score (nSPS) is 15.6. The summed E-state index contributed by atoms with van der Waals surface area (Å²) < 4.78 is 24.9. The summed E-state index contributed by atoms with van der Waals surface area (Å²) in [6, 6.07) is 15.3. The van der Waals surface area contributed by atoms with Gasteiger partial charge < -0.3 is 9.80 Å². The van der Waals surface area contributed by atoms with Gasteiger partial charge in [-0.3, -0.25) is 4.79 Å². The van der Waals surface area contributed by atoms with Gasteiger partial charge in [0.25, 0.3) is 0 Å². The summed E-state index contributed by atoms with van der Waals surface area (Å²) in [7, 11) is -3.42. The number of hydrogen-bond acceptors (Lipinski definition) is 3. The maximum absolute atomic E-state index is 12.5. The standard InChI is InChI=1S/C22H28N2O3S/c1-18-6-8-21(9-7-18)28(26,27)15-10-22(25)24-13-11-23(12-14-24)17-20-5-3-4-19(2)16-20/h3-9,16H,10-15,17H2,1-2H3/p+1. The van der Waals surface area contributed by atoms with Crippen molar-refractivity contribution < 1.29 is 18.1 Å². The number of aryl methyl sites for hydroxylation is 2. The molecule has 0 bridgehead atoms. The zero-order valence-electron chi connectivity index (χ0n) is 16.6. The first-order valence-corrected chi connectivity index (χ1v) is 11.4. The number of benzene rings is 2. The summed E-state index contributed by atoms with van der Waals surface area (Å²) in [6.45, 7) is 8.13. The molecule has 6 heteroatoms. The number of carbonyl (C=O) groups excluding carboxylic acids is 1. The Balaban J connectivity index is 1.48. The van der Waals surface area contributed by atoms with Crippen molar-refractivity contribution in [1.29, 1.82) is 0 Å². The van der Waals surface area contributed by atoms with Gasteiger partial charge in [0.1, 0.15) is 6.54 Å². The predicted octanol–water partition coefficient (Wildman–Crippen LogP) is 1.39.